The van der Waals surface area contributed by atoms with Crippen LogP contribution in [0.15, 0.2) is 30.3 Å². The molecule has 1 nitrogen and oxygen atoms in total. The van der Waals surface area contributed by atoms with E-state index in [-0.39, 0.29) is 6.10 Å². The first-order valence-corrected chi connectivity index (χ1v) is 4.51. The highest BCUT2D eigenvalue weighted by Crippen LogP contribution is 2.05. The molecular weight excluding hydrogens is 148 g/mol. The molecule has 0 aliphatic carbocycles. The molecule has 0 spiro atoms. The van der Waals surface area contributed by atoms with E-state index in [0.717, 1.165) is 19.3 Å². The molecule has 0 saturated heterocycles. The summed E-state index contributed by atoms with van der Waals surface area (Å²) < 4.78 is 0. The molecule has 66 valence electrons. The van der Waals surface area contributed by atoms with Crippen LogP contribution in [-0.4, -0.2) is 11.2 Å². The number of aliphatic hydroxyl groups is 1. The molecule has 0 aromatic heterocycles. The molecule has 0 fully saturated rings. The number of benzene rings is 1. The number of rotatable bonds is 4. The van der Waals surface area contributed by atoms with Crippen LogP contribution in [0.25, 0.3) is 0 Å². The first-order valence-electron chi connectivity index (χ1n) is 4.51. The summed E-state index contributed by atoms with van der Waals surface area (Å²) in [6.45, 7) is 1.84. The van der Waals surface area contributed by atoms with Crippen LogP contribution < -0.4 is 0 Å². The minimum Gasteiger partial charge on any atom is -0.393 e. The minimum atomic E-state index is -0.159. The van der Waals surface area contributed by atoms with Crippen molar-refractivity contribution in [2.45, 2.75) is 32.3 Å². The third-order valence-corrected chi connectivity index (χ3v) is 1.93. The zero-order valence-electron chi connectivity index (χ0n) is 7.53. The number of hydrogen-bond acceptors (Lipinski definition) is 1. The zero-order valence-corrected chi connectivity index (χ0v) is 7.53. The van der Waals surface area contributed by atoms with Gasteiger partial charge in [-0.3, -0.25) is 0 Å². The maximum atomic E-state index is 9.03. The Balaban J connectivity index is 2.25. The summed E-state index contributed by atoms with van der Waals surface area (Å²) >= 11 is 0. The Bertz CT molecular complexity index is 204. The Morgan fingerprint density at radius 1 is 1.25 bits per heavy atom. The molecule has 0 amide bonds. The Hall–Kier alpha value is -0.820. The molecule has 1 atom stereocenters. The van der Waals surface area contributed by atoms with E-state index in [1.165, 1.54) is 5.56 Å². The molecular formula is C11H16O. The summed E-state index contributed by atoms with van der Waals surface area (Å²) in [6, 6.07) is 10.4. The third kappa shape index (κ3) is 3.54. The van der Waals surface area contributed by atoms with Crippen molar-refractivity contribution in [3.8, 4) is 0 Å². The smallest absolute Gasteiger partial charge is 0.0512 e. The Kier molecular flexibility index (Phi) is 3.81. The molecule has 1 N–H and O–H groups in total. The second-order valence-electron chi connectivity index (χ2n) is 3.23. The van der Waals surface area contributed by atoms with Crippen LogP contribution >= 0.6 is 0 Å². The van der Waals surface area contributed by atoms with Gasteiger partial charge in [-0.05, 0) is 31.7 Å². The molecule has 0 unspecified atom stereocenters. The van der Waals surface area contributed by atoms with Crippen molar-refractivity contribution in [1.29, 1.82) is 0 Å². The highest BCUT2D eigenvalue weighted by atomic mass is 16.3. The summed E-state index contributed by atoms with van der Waals surface area (Å²) in [7, 11) is 0. The maximum absolute atomic E-state index is 9.03. The van der Waals surface area contributed by atoms with Gasteiger partial charge >= 0.3 is 0 Å². The average molecular weight is 164 g/mol. The topological polar surface area (TPSA) is 20.2 Å². The van der Waals surface area contributed by atoms with Crippen molar-refractivity contribution in [3.63, 3.8) is 0 Å². The third-order valence-electron chi connectivity index (χ3n) is 1.93. The Labute approximate surface area is 74.1 Å². The molecule has 0 saturated carbocycles. The van der Waals surface area contributed by atoms with Gasteiger partial charge in [0.25, 0.3) is 0 Å². The SMILES string of the molecule is C[C@H](O)CCCc1ccccc1. The molecule has 0 radical (unpaired) electrons. The summed E-state index contributed by atoms with van der Waals surface area (Å²) in [6.07, 6.45) is 2.89. The van der Waals surface area contributed by atoms with Gasteiger partial charge in [-0.2, -0.15) is 0 Å². The fourth-order valence-electron chi connectivity index (χ4n) is 1.25. The van der Waals surface area contributed by atoms with Crippen molar-refractivity contribution in [1.82, 2.24) is 0 Å². The quantitative estimate of drug-likeness (QED) is 0.724. The van der Waals surface area contributed by atoms with Gasteiger partial charge in [0.05, 0.1) is 6.10 Å². The van der Waals surface area contributed by atoms with E-state index in [9.17, 15) is 0 Å². The van der Waals surface area contributed by atoms with Gasteiger partial charge in [0.15, 0.2) is 0 Å². The first-order chi connectivity index (χ1) is 5.79. The van der Waals surface area contributed by atoms with E-state index in [1.807, 2.05) is 13.0 Å². The van der Waals surface area contributed by atoms with Gasteiger partial charge in [-0.1, -0.05) is 30.3 Å². The maximum Gasteiger partial charge on any atom is 0.0512 e. The van der Waals surface area contributed by atoms with Gasteiger partial charge in [-0.25, -0.2) is 0 Å². The lowest BCUT2D eigenvalue weighted by atomic mass is 10.1. The lowest BCUT2D eigenvalue weighted by molar-refractivity contribution is 0.182. The Morgan fingerprint density at radius 3 is 2.50 bits per heavy atom. The second-order valence-corrected chi connectivity index (χ2v) is 3.23. The van der Waals surface area contributed by atoms with E-state index >= 15 is 0 Å². The lowest BCUT2D eigenvalue weighted by Gasteiger charge is -2.03. The van der Waals surface area contributed by atoms with Crippen LogP contribution in [0.5, 0.6) is 0 Å². The van der Waals surface area contributed by atoms with Crippen molar-refractivity contribution >= 4 is 0 Å². The van der Waals surface area contributed by atoms with Crippen LogP contribution in [-0.2, 0) is 6.42 Å². The van der Waals surface area contributed by atoms with Crippen LogP contribution in [0.4, 0.5) is 0 Å². The fraction of sp³-hybridized carbons (Fsp3) is 0.455. The van der Waals surface area contributed by atoms with Crippen molar-refractivity contribution in [2.24, 2.45) is 0 Å². The summed E-state index contributed by atoms with van der Waals surface area (Å²) in [4.78, 5) is 0. The summed E-state index contributed by atoms with van der Waals surface area (Å²) in [5.41, 5.74) is 1.36. The molecule has 1 aromatic carbocycles. The summed E-state index contributed by atoms with van der Waals surface area (Å²) in [5, 5.41) is 9.03. The molecule has 0 bridgehead atoms. The molecule has 1 heteroatoms. The predicted molar refractivity (Wildman–Crippen MR) is 51.1 cm³/mol. The molecule has 0 heterocycles. The highest BCUT2D eigenvalue weighted by molar-refractivity contribution is 5.14. The van der Waals surface area contributed by atoms with Crippen LogP contribution in [0.2, 0.25) is 0 Å². The van der Waals surface area contributed by atoms with Gasteiger partial charge in [0.2, 0.25) is 0 Å². The molecule has 12 heavy (non-hydrogen) atoms. The van der Waals surface area contributed by atoms with E-state index in [0.29, 0.717) is 0 Å². The standard InChI is InChI=1S/C11H16O/c1-10(12)6-5-9-11-7-3-2-4-8-11/h2-4,7-8,10,12H,5-6,9H2,1H3/t10-/m0/s1. The van der Waals surface area contributed by atoms with E-state index < -0.39 is 0 Å². The Morgan fingerprint density at radius 2 is 1.92 bits per heavy atom. The molecule has 0 aliphatic rings. The monoisotopic (exact) mass is 164 g/mol. The van der Waals surface area contributed by atoms with Gasteiger partial charge in [0, 0.05) is 0 Å². The highest BCUT2D eigenvalue weighted by Gasteiger charge is 1.95. The molecule has 1 rings (SSSR count). The van der Waals surface area contributed by atoms with Crippen molar-refractivity contribution in [2.75, 3.05) is 0 Å². The first kappa shape index (κ1) is 9.27. The zero-order chi connectivity index (χ0) is 8.81. The van der Waals surface area contributed by atoms with Crippen molar-refractivity contribution in [3.05, 3.63) is 35.9 Å². The van der Waals surface area contributed by atoms with Crippen LogP contribution in [0, 0.1) is 0 Å². The second kappa shape index (κ2) is 4.94. The predicted octanol–water partition coefficient (Wildman–Crippen LogP) is 2.39. The van der Waals surface area contributed by atoms with Gasteiger partial charge in [-0.15, -0.1) is 0 Å². The van der Waals surface area contributed by atoms with E-state index in [2.05, 4.69) is 24.3 Å². The van der Waals surface area contributed by atoms with Gasteiger partial charge in [0.1, 0.15) is 0 Å². The number of hydrogen-bond donors (Lipinski definition) is 1. The number of aliphatic hydroxyl groups excluding tert-OH is 1. The minimum absolute atomic E-state index is 0.159. The molecule has 1 aromatic rings. The normalized spacial score (nSPS) is 12.8. The largest absolute Gasteiger partial charge is 0.393 e. The average Bonchev–Trinajstić information content (AvgIpc) is 2.05. The summed E-state index contributed by atoms with van der Waals surface area (Å²) in [5.74, 6) is 0. The van der Waals surface area contributed by atoms with Crippen molar-refractivity contribution < 1.29 is 5.11 Å². The van der Waals surface area contributed by atoms with E-state index in [4.69, 9.17) is 5.11 Å². The van der Waals surface area contributed by atoms with E-state index in [1.54, 1.807) is 0 Å². The van der Waals surface area contributed by atoms with Crippen LogP contribution in [0.3, 0.4) is 0 Å². The number of aryl methyl sites for hydroxylation is 1. The lowest BCUT2D eigenvalue weighted by Crippen LogP contribution is -1.99. The van der Waals surface area contributed by atoms with Crippen LogP contribution in [0.1, 0.15) is 25.3 Å². The van der Waals surface area contributed by atoms with Gasteiger partial charge < -0.3 is 5.11 Å². The fourth-order valence-corrected chi connectivity index (χ4v) is 1.25. The molecule has 0 aliphatic heterocycles.